The molecule has 0 aromatic carbocycles. The SMILES string of the molecule is COCCCNC1=CC(C(C#N)C(=O)OCC(C)C)CCC1. The smallest absolute Gasteiger partial charge is 0.323 e. The van der Waals surface area contributed by atoms with E-state index in [-0.39, 0.29) is 11.8 Å². The zero-order chi connectivity index (χ0) is 16.4. The molecule has 1 N–H and O–H groups in total. The molecule has 0 saturated carbocycles. The van der Waals surface area contributed by atoms with Crippen molar-refractivity contribution in [3.8, 4) is 6.07 Å². The van der Waals surface area contributed by atoms with Crippen molar-refractivity contribution in [2.45, 2.75) is 39.5 Å². The van der Waals surface area contributed by atoms with Gasteiger partial charge >= 0.3 is 5.97 Å². The fraction of sp³-hybridized carbons (Fsp3) is 0.765. The van der Waals surface area contributed by atoms with Gasteiger partial charge in [-0.3, -0.25) is 4.79 Å². The van der Waals surface area contributed by atoms with Gasteiger partial charge < -0.3 is 14.8 Å². The van der Waals surface area contributed by atoms with Gasteiger partial charge in [-0.1, -0.05) is 19.9 Å². The summed E-state index contributed by atoms with van der Waals surface area (Å²) in [6.07, 6.45) is 5.81. The highest BCUT2D eigenvalue weighted by molar-refractivity contribution is 5.76. The van der Waals surface area contributed by atoms with Crippen molar-refractivity contribution in [1.82, 2.24) is 5.32 Å². The number of nitriles is 1. The highest BCUT2D eigenvalue weighted by atomic mass is 16.5. The topological polar surface area (TPSA) is 71.3 Å². The Kier molecular flexibility index (Phi) is 8.61. The zero-order valence-electron chi connectivity index (χ0n) is 13.9. The fourth-order valence-electron chi connectivity index (χ4n) is 2.49. The van der Waals surface area contributed by atoms with E-state index in [1.165, 1.54) is 0 Å². The summed E-state index contributed by atoms with van der Waals surface area (Å²) in [6.45, 7) is 5.91. The molecule has 1 aliphatic rings. The Morgan fingerprint density at radius 1 is 1.55 bits per heavy atom. The highest BCUT2D eigenvalue weighted by Crippen LogP contribution is 2.28. The molecule has 1 rings (SSSR count). The molecule has 0 radical (unpaired) electrons. The van der Waals surface area contributed by atoms with E-state index >= 15 is 0 Å². The van der Waals surface area contributed by atoms with Crippen LogP contribution in [0.25, 0.3) is 0 Å². The van der Waals surface area contributed by atoms with Gasteiger partial charge in [-0.05, 0) is 31.6 Å². The van der Waals surface area contributed by atoms with Crippen molar-refractivity contribution in [1.29, 1.82) is 5.26 Å². The van der Waals surface area contributed by atoms with Crippen molar-refractivity contribution >= 4 is 5.97 Å². The average molecular weight is 308 g/mol. The van der Waals surface area contributed by atoms with Gasteiger partial charge in [0.25, 0.3) is 0 Å². The van der Waals surface area contributed by atoms with Crippen molar-refractivity contribution in [2.24, 2.45) is 17.8 Å². The molecule has 0 saturated heterocycles. The van der Waals surface area contributed by atoms with Crippen LogP contribution in [0.1, 0.15) is 39.5 Å². The van der Waals surface area contributed by atoms with E-state index in [1.807, 2.05) is 19.9 Å². The zero-order valence-corrected chi connectivity index (χ0v) is 13.9. The lowest BCUT2D eigenvalue weighted by Gasteiger charge is -2.24. The van der Waals surface area contributed by atoms with Crippen LogP contribution in [0.2, 0.25) is 0 Å². The van der Waals surface area contributed by atoms with Gasteiger partial charge in [0.1, 0.15) is 5.92 Å². The number of carbonyl (C=O) groups excluding carboxylic acids is 1. The van der Waals surface area contributed by atoms with E-state index in [1.54, 1.807) is 7.11 Å². The van der Waals surface area contributed by atoms with Crippen LogP contribution in [0, 0.1) is 29.1 Å². The molecular formula is C17H28N2O3. The molecule has 2 atom stereocenters. The quantitative estimate of drug-likeness (QED) is 0.524. The summed E-state index contributed by atoms with van der Waals surface area (Å²) >= 11 is 0. The molecular weight excluding hydrogens is 280 g/mol. The molecule has 5 nitrogen and oxygen atoms in total. The standard InChI is InChI=1S/C17H28N2O3/c1-13(2)12-22-17(20)16(11-18)14-6-4-7-15(10-14)19-8-5-9-21-3/h10,13-14,16,19H,4-9,12H2,1-3H3. The van der Waals surface area contributed by atoms with Crippen LogP contribution >= 0.6 is 0 Å². The monoisotopic (exact) mass is 308 g/mol. The Labute approximate surface area is 133 Å². The summed E-state index contributed by atoms with van der Waals surface area (Å²) in [4.78, 5) is 12.1. The minimum Gasteiger partial charge on any atom is -0.464 e. The lowest BCUT2D eigenvalue weighted by atomic mass is 9.84. The molecule has 1 aliphatic carbocycles. The third-order valence-electron chi connectivity index (χ3n) is 3.66. The van der Waals surface area contributed by atoms with Crippen molar-refractivity contribution in [2.75, 3.05) is 26.9 Å². The van der Waals surface area contributed by atoms with Crippen LogP contribution in [-0.2, 0) is 14.3 Å². The summed E-state index contributed by atoms with van der Waals surface area (Å²) < 4.78 is 10.3. The number of carbonyl (C=O) groups is 1. The van der Waals surface area contributed by atoms with Gasteiger partial charge in [-0.25, -0.2) is 0 Å². The van der Waals surface area contributed by atoms with Crippen molar-refractivity contribution < 1.29 is 14.3 Å². The van der Waals surface area contributed by atoms with Crippen molar-refractivity contribution in [3.63, 3.8) is 0 Å². The highest BCUT2D eigenvalue weighted by Gasteiger charge is 2.30. The van der Waals surface area contributed by atoms with Crippen molar-refractivity contribution in [3.05, 3.63) is 11.8 Å². The second-order valence-corrected chi connectivity index (χ2v) is 6.15. The average Bonchev–Trinajstić information content (AvgIpc) is 2.51. The van der Waals surface area contributed by atoms with Gasteiger partial charge in [0.2, 0.25) is 0 Å². The molecule has 22 heavy (non-hydrogen) atoms. The summed E-state index contributed by atoms with van der Waals surface area (Å²) in [5.41, 5.74) is 1.13. The minimum absolute atomic E-state index is 0.0525. The maximum Gasteiger partial charge on any atom is 0.323 e. The van der Waals surface area contributed by atoms with Crippen LogP contribution in [0.3, 0.4) is 0 Å². The molecule has 0 heterocycles. The molecule has 0 fully saturated rings. The Bertz CT molecular complexity index is 413. The number of nitrogens with zero attached hydrogens (tertiary/aromatic N) is 1. The van der Waals surface area contributed by atoms with Gasteiger partial charge in [0.05, 0.1) is 12.7 Å². The molecule has 0 aromatic rings. The molecule has 0 bridgehead atoms. The predicted octanol–water partition coefficient (Wildman–Crippen LogP) is 2.64. The first-order valence-corrected chi connectivity index (χ1v) is 8.08. The van der Waals surface area contributed by atoms with Gasteiger partial charge in [0, 0.05) is 31.9 Å². The first-order chi connectivity index (χ1) is 10.6. The first kappa shape index (κ1) is 18.5. The van der Waals surface area contributed by atoms with E-state index in [9.17, 15) is 10.1 Å². The summed E-state index contributed by atoms with van der Waals surface area (Å²) in [6, 6.07) is 2.13. The maximum atomic E-state index is 12.1. The number of hydrogen-bond donors (Lipinski definition) is 1. The Balaban J connectivity index is 2.56. The third kappa shape index (κ3) is 6.48. The number of ether oxygens (including phenoxy) is 2. The number of esters is 1. The number of allylic oxidation sites excluding steroid dienone is 2. The van der Waals surface area contributed by atoms with Crippen LogP contribution in [-0.4, -0.2) is 32.8 Å². The van der Waals surface area contributed by atoms with Gasteiger partial charge in [-0.15, -0.1) is 0 Å². The molecule has 0 spiro atoms. The molecule has 2 unspecified atom stereocenters. The summed E-state index contributed by atoms with van der Waals surface area (Å²) in [5, 5.41) is 12.7. The van der Waals surface area contributed by atoms with Gasteiger partial charge in [-0.2, -0.15) is 5.26 Å². The van der Waals surface area contributed by atoms with E-state index in [2.05, 4.69) is 11.4 Å². The summed E-state index contributed by atoms with van der Waals surface area (Å²) in [5.74, 6) is -0.862. The number of nitrogens with one attached hydrogen (secondary N) is 1. The lowest BCUT2D eigenvalue weighted by molar-refractivity contribution is -0.148. The second-order valence-electron chi connectivity index (χ2n) is 6.15. The predicted molar refractivity (Wildman–Crippen MR) is 84.8 cm³/mol. The van der Waals surface area contributed by atoms with Crippen LogP contribution < -0.4 is 5.32 Å². The lowest BCUT2D eigenvalue weighted by Crippen LogP contribution is -2.28. The van der Waals surface area contributed by atoms with Crippen LogP contribution in [0.5, 0.6) is 0 Å². The first-order valence-electron chi connectivity index (χ1n) is 8.08. The molecule has 5 heteroatoms. The van der Waals surface area contributed by atoms with E-state index < -0.39 is 11.9 Å². The largest absolute Gasteiger partial charge is 0.464 e. The molecule has 0 aliphatic heterocycles. The minimum atomic E-state index is -0.699. The number of rotatable bonds is 9. The number of hydrogen-bond acceptors (Lipinski definition) is 5. The number of methoxy groups -OCH3 is 1. The Morgan fingerprint density at radius 3 is 2.95 bits per heavy atom. The maximum absolute atomic E-state index is 12.1. The third-order valence-corrected chi connectivity index (χ3v) is 3.66. The fourth-order valence-corrected chi connectivity index (χ4v) is 2.49. The van der Waals surface area contributed by atoms with E-state index in [4.69, 9.17) is 9.47 Å². The van der Waals surface area contributed by atoms with Crippen LogP contribution in [0.4, 0.5) is 0 Å². The normalized spacial score (nSPS) is 19.2. The van der Waals surface area contributed by atoms with E-state index in [0.29, 0.717) is 6.61 Å². The Hall–Kier alpha value is -1.54. The Morgan fingerprint density at radius 2 is 2.32 bits per heavy atom. The molecule has 124 valence electrons. The van der Waals surface area contributed by atoms with Gasteiger partial charge in [0.15, 0.2) is 0 Å². The van der Waals surface area contributed by atoms with Crippen LogP contribution in [0.15, 0.2) is 11.8 Å². The van der Waals surface area contributed by atoms with E-state index in [0.717, 1.165) is 44.5 Å². The molecule has 0 amide bonds. The second kappa shape index (κ2) is 10.2. The molecule has 0 aromatic heterocycles. The summed E-state index contributed by atoms with van der Waals surface area (Å²) in [7, 11) is 1.69.